The summed E-state index contributed by atoms with van der Waals surface area (Å²) in [5.41, 5.74) is 0.365. The number of hydrogen-bond acceptors (Lipinski definition) is 3. The van der Waals surface area contributed by atoms with Crippen LogP contribution in [0.5, 0.6) is 0 Å². The summed E-state index contributed by atoms with van der Waals surface area (Å²) in [5.74, 6) is -3.10. The molecule has 3 rings (SSSR count). The molecule has 2 aliphatic heterocycles. The zero-order valence-electron chi connectivity index (χ0n) is 13.5. The van der Waals surface area contributed by atoms with E-state index < -0.39 is 23.6 Å². The van der Waals surface area contributed by atoms with Gasteiger partial charge in [0.1, 0.15) is 5.82 Å². The first-order valence-electron chi connectivity index (χ1n) is 8.14. The summed E-state index contributed by atoms with van der Waals surface area (Å²) in [5, 5.41) is 9.11. The molecule has 134 valence electrons. The number of amides is 2. The topological polar surface area (TPSA) is 77.9 Å². The van der Waals surface area contributed by atoms with Gasteiger partial charge in [0, 0.05) is 31.7 Å². The normalized spacial score (nSPS) is 23.8. The Kier molecular flexibility index (Phi) is 4.94. The van der Waals surface area contributed by atoms with E-state index in [2.05, 4.69) is 0 Å². The van der Waals surface area contributed by atoms with Gasteiger partial charge in [0.15, 0.2) is 0 Å². The molecule has 2 aliphatic rings. The van der Waals surface area contributed by atoms with Gasteiger partial charge < -0.3 is 14.9 Å². The van der Waals surface area contributed by atoms with E-state index in [4.69, 9.17) is 16.7 Å². The molecular formula is C17H18ClFN2O4. The van der Waals surface area contributed by atoms with Gasteiger partial charge in [0.05, 0.1) is 16.9 Å². The summed E-state index contributed by atoms with van der Waals surface area (Å²) in [6.45, 7) is 0.838. The number of halogens is 2. The SMILES string of the molecule is O=C(O)[C@H]1CCCN(C(=O)C2CC(=O)N(c3ccc(Cl)c(F)c3)C2)C1. The fourth-order valence-electron chi connectivity index (χ4n) is 3.41. The van der Waals surface area contributed by atoms with Gasteiger partial charge >= 0.3 is 5.97 Å². The van der Waals surface area contributed by atoms with E-state index in [9.17, 15) is 18.8 Å². The van der Waals surface area contributed by atoms with Gasteiger partial charge in [-0.1, -0.05) is 11.6 Å². The number of benzene rings is 1. The summed E-state index contributed by atoms with van der Waals surface area (Å²) in [4.78, 5) is 39.0. The van der Waals surface area contributed by atoms with Crippen LogP contribution in [0.1, 0.15) is 19.3 Å². The van der Waals surface area contributed by atoms with Gasteiger partial charge in [0.25, 0.3) is 0 Å². The minimum atomic E-state index is -0.904. The largest absolute Gasteiger partial charge is 0.481 e. The van der Waals surface area contributed by atoms with Gasteiger partial charge in [-0.25, -0.2) is 4.39 Å². The van der Waals surface area contributed by atoms with Gasteiger partial charge in [-0.15, -0.1) is 0 Å². The molecule has 0 aliphatic carbocycles. The van der Waals surface area contributed by atoms with Gasteiger partial charge in [-0.2, -0.15) is 0 Å². The number of carboxylic acid groups (broad SMARTS) is 1. The molecule has 8 heteroatoms. The highest BCUT2D eigenvalue weighted by Gasteiger charge is 2.39. The first kappa shape index (κ1) is 17.7. The van der Waals surface area contributed by atoms with E-state index in [0.717, 1.165) is 0 Å². The molecular weight excluding hydrogens is 351 g/mol. The van der Waals surface area contributed by atoms with Gasteiger partial charge in [0.2, 0.25) is 11.8 Å². The Morgan fingerprint density at radius 2 is 2.00 bits per heavy atom. The van der Waals surface area contributed by atoms with E-state index in [1.807, 2.05) is 0 Å². The second kappa shape index (κ2) is 7.00. The van der Waals surface area contributed by atoms with E-state index in [-0.39, 0.29) is 36.3 Å². The maximum absolute atomic E-state index is 13.6. The molecule has 2 amide bonds. The lowest BCUT2D eigenvalue weighted by atomic mass is 9.96. The second-order valence-electron chi connectivity index (χ2n) is 6.47. The molecule has 0 saturated carbocycles. The van der Waals surface area contributed by atoms with Gasteiger partial charge in [-0.05, 0) is 31.0 Å². The van der Waals surface area contributed by atoms with Crippen LogP contribution in [0.25, 0.3) is 0 Å². The standard InChI is InChI=1S/C17H18ClFN2O4/c18-13-4-3-12(7-14(13)19)21-9-11(6-15(21)22)16(23)20-5-1-2-10(8-20)17(24)25/h3-4,7,10-11H,1-2,5-6,8-9H2,(H,24,25)/t10-,11?/m0/s1. The van der Waals surface area contributed by atoms with Crippen molar-refractivity contribution in [2.75, 3.05) is 24.5 Å². The monoisotopic (exact) mass is 368 g/mol. The van der Waals surface area contributed by atoms with Crippen molar-refractivity contribution in [1.82, 2.24) is 4.90 Å². The van der Waals surface area contributed by atoms with E-state index in [1.54, 1.807) is 0 Å². The van der Waals surface area contributed by atoms with Crippen LogP contribution >= 0.6 is 11.6 Å². The summed E-state index contributed by atoms with van der Waals surface area (Å²) in [6, 6.07) is 4.09. The molecule has 1 unspecified atom stereocenters. The number of carboxylic acids is 1. The lowest BCUT2D eigenvalue weighted by Crippen LogP contribution is -2.45. The fourth-order valence-corrected chi connectivity index (χ4v) is 3.53. The highest BCUT2D eigenvalue weighted by atomic mass is 35.5. The van der Waals surface area contributed by atoms with Crippen LogP contribution in [-0.4, -0.2) is 47.4 Å². The lowest BCUT2D eigenvalue weighted by Gasteiger charge is -2.32. The smallest absolute Gasteiger partial charge is 0.308 e. The molecule has 1 N–H and O–H groups in total. The summed E-state index contributed by atoms with van der Waals surface area (Å²) < 4.78 is 13.6. The Hall–Kier alpha value is -2.15. The molecule has 2 fully saturated rings. The van der Waals surface area contributed by atoms with Crippen LogP contribution in [0, 0.1) is 17.7 Å². The van der Waals surface area contributed by atoms with E-state index >= 15 is 0 Å². The maximum atomic E-state index is 13.6. The predicted molar refractivity (Wildman–Crippen MR) is 88.8 cm³/mol. The van der Waals surface area contributed by atoms with Crippen LogP contribution in [0.15, 0.2) is 18.2 Å². The molecule has 1 aromatic carbocycles. The lowest BCUT2D eigenvalue weighted by molar-refractivity contribution is -0.146. The Balaban J connectivity index is 1.70. The first-order chi connectivity index (χ1) is 11.9. The molecule has 1 aromatic rings. The van der Waals surface area contributed by atoms with Crippen molar-refractivity contribution in [1.29, 1.82) is 0 Å². The Morgan fingerprint density at radius 3 is 2.68 bits per heavy atom. The van der Waals surface area contributed by atoms with Crippen LogP contribution in [0.2, 0.25) is 5.02 Å². The number of likely N-dealkylation sites (tertiary alicyclic amines) is 1. The summed E-state index contributed by atoms with van der Waals surface area (Å²) >= 11 is 5.66. The number of carbonyl (C=O) groups excluding carboxylic acids is 2. The zero-order valence-corrected chi connectivity index (χ0v) is 14.2. The van der Waals surface area contributed by atoms with Crippen LogP contribution in [-0.2, 0) is 14.4 Å². The molecule has 2 heterocycles. The third-order valence-corrected chi connectivity index (χ3v) is 5.08. The number of aliphatic carboxylic acids is 1. The average molecular weight is 369 g/mol. The number of hydrogen-bond donors (Lipinski definition) is 1. The highest BCUT2D eigenvalue weighted by Crippen LogP contribution is 2.30. The highest BCUT2D eigenvalue weighted by molar-refractivity contribution is 6.30. The number of nitrogens with zero attached hydrogens (tertiary/aromatic N) is 2. The number of anilines is 1. The molecule has 0 aromatic heterocycles. The summed E-state index contributed by atoms with van der Waals surface area (Å²) in [6.07, 6.45) is 1.23. The second-order valence-corrected chi connectivity index (χ2v) is 6.87. The fraction of sp³-hybridized carbons (Fsp3) is 0.471. The minimum absolute atomic E-state index is 0.0314. The predicted octanol–water partition coefficient (Wildman–Crippen LogP) is 2.16. The first-order valence-corrected chi connectivity index (χ1v) is 8.51. The van der Waals surface area contributed by atoms with Crippen molar-refractivity contribution in [2.24, 2.45) is 11.8 Å². The van der Waals surface area contributed by atoms with Crippen LogP contribution < -0.4 is 4.90 Å². The van der Waals surface area contributed by atoms with Crippen molar-refractivity contribution >= 4 is 35.1 Å². The molecule has 6 nitrogen and oxygen atoms in total. The van der Waals surface area contributed by atoms with E-state index in [0.29, 0.717) is 25.1 Å². The van der Waals surface area contributed by atoms with Crippen molar-refractivity contribution in [3.05, 3.63) is 29.0 Å². The van der Waals surface area contributed by atoms with Crippen LogP contribution in [0.3, 0.4) is 0 Å². The van der Waals surface area contributed by atoms with E-state index in [1.165, 1.54) is 28.0 Å². The third-order valence-electron chi connectivity index (χ3n) is 4.77. The van der Waals surface area contributed by atoms with Crippen molar-refractivity contribution in [3.63, 3.8) is 0 Å². The average Bonchev–Trinajstić information content (AvgIpc) is 2.98. The quantitative estimate of drug-likeness (QED) is 0.886. The Morgan fingerprint density at radius 1 is 1.24 bits per heavy atom. The zero-order chi connectivity index (χ0) is 18.1. The molecule has 0 radical (unpaired) electrons. The molecule has 2 atom stereocenters. The van der Waals surface area contributed by atoms with Crippen molar-refractivity contribution < 1.29 is 23.9 Å². The molecule has 0 bridgehead atoms. The Bertz CT molecular complexity index is 727. The third kappa shape index (κ3) is 3.61. The molecule has 25 heavy (non-hydrogen) atoms. The number of rotatable bonds is 3. The maximum Gasteiger partial charge on any atom is 0.308 e. The number of carbonyl (C=O) groups is 3. The van der Waals surface area contributed by atoms with Gasteiger partial charge in [-0.3, -0.25) is 14.4 Å². The summed E-state index contributed by atoms with van der Waals surface area (Å²) in [7, 11) is 0. The molecule has 0 spiro atoms. The van der Waals surface area contributed by atoms with Crippen LogP contribution in [0.4, 0.5) is 10.1 Å². The molecule has 2 saturated heterocycles. The minimum Gasteiger partial charge on any atom is -0.481 e. The van der Waals surface area contributed by atoms with Crippen molar-refractivity contribution in [3.8, 4) is 0 Å². The Labute approximate surface area is 149 Å². The number of piperidine rings is 1. The van der Waals surface area contributed by atoms with Crippen molar-refractivity contribution in [2.45, 2.75) is 19.3 Å².